The number of fused-ring (bicyclic) bond motifs is 1. The lowest BCUT2D eigenvalue weighted by Crippen LogP contribution is -2.23. The second kappa shape index (κ2) is 6.61. The van der Waals surface area contributed by atoms with Gasteiger partial charge in [0.15, 0.2) is 5.82 Å². The Morgan fingerprint density at radius 2 is 1.85 bits per heavy atom. The van der Waals surface area contributed by atoms with E-state index in [0.717, 1.165) is 11.1 Å². The zero-order chi connectivity index (χ0) is 18.1. The maximum absolute atomic E-state index is 12.9. The minimum Gasteiger partial charge on any atom is -0.497 e. The summed E-state index contributed by atoms with van der Waals surface area (Å²) in [6.45, 7) is 0. The predicted octanol–water partition coefficient (Wildman–Crippen LogP) is 2.38. The van der Waals surface area contributed by atoms with Gasteiger partial charge in [0.05, 0.1) is 18.8 Å². The molecule has 0 amide bonds. The first-order valence-electron chi connectivity index (χ1n) is 7.88. The molecule has 0 unspecified atom stereocenters. The normalized spacial score (nSPS) is 11.8. The summed E-state index contributed by atoms with van der Waals surface area (Å²) in [4.78, 5) is 13.5. The highest BCUT2D eigenvalue weighted by Crippen LogP contribution is 2.25. The Morgan fingerprint density at radius 1 is 1.04 bits per heavy atom. The number of aromatic nitrogens is 3. The van der Waals surface area contributed by atoms with Gasteiger partial charge in [-0.1, -0.05) is 41.7 Å². The van der Waals surface area contributed by atoms with E-state index in [1.807, 2.05) is 42.5 Å². The van der Waals surface area contributed by atoms with Crippen LogP contribution < -0.4 is 19.6 Å². The minimum atomic E-state index is -0.147. The van der Waals surface area contributed by atoms with Crippen LogP contribution in [0, 0.1) is 0 Å². The van der Waals surface area contributed by atoms with Crippen LogP contribution in [-0.4, -0.2) is 28.8 Å². The molecule has 0 bridgehead atoms. The molecule has 0 radical (unpaired) electrons. The van der Waals surface area contributed by atoms with Crippen LogP contribution >= 0.6 is 11.3 Å². The van der Waals surface area contributed by atoms with E-state index in [1.165, 1.54) is 11.3 Å². The molecule has 2 aromatic heterocycles. The average Bonchev–Trinajstić information content (AvgIpc) is 3.23. The van der Waals surface area contributed by atoms with Crippen molar-refractivity contribution in [2.24, 2.45) is 0 Å². The van der Waals surface area contributed by atoms with Crippen molar-refractivity contribution in [1.82, 2.24) is 14.6 Å². The third-order valence-electron chi connectivity index (χ3n) is 4.01. The van der Waals surface area contributed by atoms with Crippen LogP contribution in [0.15, 0.2) is 53.3 Å². The molecule has 4 rings (SSSR count). The fourth-order valence-electron chi connectivity index (χ4n) is 2.72. The molecule has 0 spiro atoms. The lowest BCUT2D eigenvalue weighted by molar-refractivity contribution is 0.393. The number of benzene rings is 2. The predicted molar refractivity (Wildman–Crippen MR) is 101 cm³/mol. The average molecular weight is 365 g/mol. The molecule has 2 heterocycles. The summed E-state index contributed by atoms with van der Waals surface area (Å²) >= 11 is 1.30. The highest BCUT2D eigenvalue weighted by molar-refractivity contribution is 7.15. The van der Waals surface area contributed by atoms with Crippen molar-refractivity contribution in [1.29, 1.82) is 0 Å². The highest BCUT2D eigenvalue weighted by Gasteiger charge is 2.14. The van der Waals surface area contributed by atoms with E-state index in [0.29, 0.717) is 26.8 Å². The van der Waals surface area contributed by atoms with Crippen LogP contribution in [0.25, 0.3) is 22.4 Å². The van der Waals surface area contributed by atoms with Gasteiger partial charge in [0.2, 0.25) is 4.96 Å². The van der Waals surface area contributed by atoms with E-state index in [-0.39, 0.29) is 5.56 Å². The summed E-state index contributed by atoms with van der Waals surface area (Å²) in [5.74, 6) is 1.87. The van der Waals surface area contributed by atoms with Crippen molar-refractivity contribution in [3.63, 3.8) is 0 Å². The molecule has 130 valence electrons. The topological polar surface area (TPSA) is 65.7 Å². The standard InChI is InChI=1S/C19H15N3O3S/c1-24-14-9-8-13(15(11-14)25-2)10-16-18(23)22-17(20-21-19(22)26-16)12-6-4-3-5-7-12/h3-11H,1-2H3/b16-10-. The van der Waals surface area contributed by atoms with Gasteiger partial charge in [-0.2, -0.15) is 0 Å². The number of hydrogen-bond donors (Lipinski definition) is 0. The van der Waals surface area contributed by atoms with E-state index in [4.69, 9.17) is 9.47 Å². The molecular weight excluding hydrogens is 350 g/mol. The maximum Gasteiger partial charge on any atom is 0.276 e. The van der Waals surface area contributed by atoms with E-state index in [2.05, 4.69) is 10.2 Å². The van der Waals surface area contributed by atoms with Gasteiger partial charge in [-0.15, -0.1) is 10.2 Å². The summed E-state index contributed by atoms with van der Waals surface area (Å²) in [6, 6.07) is 15.0. The Morgan fingerprint density at radius 3 is 2.58 bits per heavy atom. The molecular formula is C19H15N3O3S. The van der Waals surface area contributed by atoms with Gasteiger partial charge >= 0.3 is 0 Å². The van der Waals surface area contributed by atoms with Gasteiger partial charge in [0.25, 0.3) is 5.56 Å². The Balaban J connectivity index is 1.89. The zero-order valence-electron chi connectivity index (χ0n) is 14.2. The quantitative estimate of drug-likeness (QED) is 0.556. The molecule has 6 nitrogen and oxygen atoms in total. The largest absolute Gasteiger partial charge is 0.497 e. The number of ether oxygens (including phenoxy) is 2. The fraction of sp³-hybridized carbons (Fsp3) is 0.105. The van der Waals surface area contributed by atoms with Crippen molar-refractivity contribution in [2.45, 2.75) is 0 Å². The number of methoxy groups -OCH3 is 2. The number of thiazole rings is 1. The summed E-state index contributed by atoms with van der Waals surface area (Å²) in [5, 5.41) is 8.31. The van der Waals surface area contributed by atoms with Gasteiger partial charge in [0, 0.05) is 17.2 Å². The van der Waals surface area contributed by atoms with Crippen LogP contribution in [0.3, 0.4) is 0 Å². The molecule has 0 aliphatic rings. The first-order chi connectivity index (χ1) is 12.7. The highest BCUT2D eigenvalue weighted by atomic mass is 32.1. The van der Waals surface area contributed by atoms with Crippen molar-refractivity contribution < 1.29 is 9.47 Å². The van der Waals surface area contributed by atoms with E-state index in [9.17, 15) is 4.79 Å². The van der Waals surface area contributed by atoms with Crippen LogP contribution in [0.1, 0.15) is 5.56 Å². The van der Waals surface area contributed by atoms with Crippen LogP contribution in [0.4, 0.5) is 0 Å². The summed E-state index contributed by atoms with van der Waals surface area (Å²) < 4.78 is 12.7. The van der Waals surface area contributed by atoms with Crippen molar-refractivity contribution in [2.75, 3.05) is 14.2 Å². The molecule has 0 saturated heterocycles. The number of hydrogen-bond acceptors (Lipinski definition) is 6. The molecule has 0 aliphatic heterocycles. The molecule has 26 heavy (non-hydrogen) atoms. The van der Waals surface area contributed by atoms with E-state index >= 15 is 0 Å². The van der Waals surface area contributed by atoms with Gasteiger partial charge in [0.1, 0.15) is 11.5 Å². The Bertz CT molecular complexity index is 1180. The first kappa shape index (κ1) is 16.3. The molecule has 0 atom stereocenters. The fourth-order valence-corrected chi connectivity index (χ4v) is 3.62. The first-order valence-corrected chi connectivity index (χ1v) is 8.70. The molecule has 4 aromatic rings. The second-order valence-corrected chi connectivity index (χ2v) is 6.54. The third kappa shape index (κ3) is 2.72. The minimum absolute atomic E-state index is 0.147. The van der Waals surface area contributed by atoms with Gasteiger partial charge < -0.3 is 9.47 Å². The molecule has 0 saturated carbocycles. The van der Waals surface area contributed by atoms with Gasteiger partial charge in [-0.25, -0.2) is 4.40 Å². The molecule has 2 aromatic carbocycles. The van der Waals surface area contributed by atoms with E-state index in [1.54, 1.807) is 30.8 Å². The number of nitrogens with zero attached hydrogens (tertiary/aromatic N) is 3. The molecule has 0 aliphatic carbocycles. The Labute approximate surface area is 153 Å². The SMILES string of the molecule is COc1ccc(/C=c2\sc3nnc(-c4ccccc4)n3c2=O)c(OC)c1. The summed E-state index contributed by atoms with van der Waals surface area (Å²) in [6.07, 6.45) is 1.80. The third-order valence-corrected chi connectivity index (χ3v) is 4.97. The van der Waals surface area contributed by atoms with Crippen molar-refractivity contribution >= 4 is 22.4 Å². The van der Waals surface area contributed by atoms with Crippen LogP contribution in [0.2, 0.25) is 0 Å². The van der Waals surface area contributed by atoms with Crippen molar-refractivity contribution in [3.05, 3.63) is 69.0 Å². The van der Waals surface area contributed by atoms with Crippen molar-refractivity contribution in [3.8, 4) is 22.9 Å². The van der Waals surface area contributed by atoms with Gasteiger partial charge in [-0.05, 0) is 18.2 Å². The van der Waals surface area contributed by atoms with Gasteiger partial charge in [-0.3, -0.25) is 4.79 Å². The molecule has 0 N–H and O–H groups in total. The van der Waals surface area contributed by atoms with E-state index < -0.39 is 0 Å². The second-order valence-electron chi connectivity index (χ2n) is 5.53. The zero-order valence-corrected chi connectivity index (χ0v) is 15.0. The lowest BCUT2D eigenvalue weighted by atomic mass is 10.2. The Kier molecular flexibility index (Phi) is 4.14. The summed E-state index contributed by atoms with van der Waals surface area (Å²) in [5.41, 5.74) is 1.50. The smallest absolute Gasteiger partial charge is 0.276 e. The summed E-state index contributed by atoms with van der Waals surface area (Å²) in [7, 11) is 3.18. The molecule has 7 heteroatoms. The lowest BCUT2D eigenvalue weighted by Gasteiger charge is -2.06. The Hall–Kier alpha value is -3.19. The van der Waals surface area contributed by atoms with Crippen LogP contribution in [0.5, 0.6) is 11.5 Å². The monoisotopic (exact) mass is 365 g/mol. The molecule has 0 fully saturated rings. The number of rotatable bonds is 4. The van der Waals surface area contributed by atoms with Crippen LogP contribution in [-0.2, 0) is 0 Å². The maximum atomic E-state index is 12.9.